The number of pyridine rings is 1. The molecule has 2 nitrogen and oxygen atoms in total. The Labute approximate surface area is 85.8 Å². The number of rotatable bonds is 4. The van der Waals surface area contributed by atoms with Crippen LogP contribution in [0.15, 0.2) is 18.3 Å². The number of aromatic nitrogens is 1. The van der Waals surface area contributed by atoms with E-state index in [0.29, 0.717) is 0 Å². The van der Waals surface area contributed by atoms with Crippen LogP contribution in [0.5, 0.6) is 0 Å². The summed E-state index contributed by atoms with van der Waals surface area (Å²) in [6, 6.07) is 4.04. The molecule has 0 radical (unpaired) electrons. The highest BCUT2D eigenvalue weighted by atomic mass is 14.9. The zero-order chi connectivity index (χ0) is 10.2. The van der Waals surface area contributed by atoms with E-state index in [-0.39, 0.29) is 0 Å². The number of hydrogen-bond donors (Lipinski definition) is 1. The Bertz CT molecular complexity index is 334. The lowest BCUT2D eigenvalue weighted by atomic mass is 10.2. The molecule has 1 N–H and O–H groups in total. The summed E-state index contributed by atoms with van der Waals surface area (Å²) in [6.07, 6.45) is 2.73. The predicted octanol–water partition coefficient (Wildman–Crippen LogP) is 1.89. The molecule has 0 saturated heterocycles. The van der Waals surface area contributed by atoms with Gasteiger partial charge in [0, 0.05) is 25.7 Å². The first-order valence-corrected chi connectivity index (χ1v) is 4.85. The number of hydrogen-bond acceptors (Lipinski definition) is 2. The fourth-order valence-electron chi connectivity index (χ4n) is 1.19. The zero-order valence-electron chi connectivity index (χ0n) is 8.80. The van der Waals surface area contributed by atoms with Gasteiger partial charge in [0.15, 0.2) is 0 Å². The minimum Gasteiger partial charge on any atom is -0.310 e. The van der Waals surface area contributed by atoms with Crippen LogP contribution in [-0.4, -0.2) is 11.5 Å². The molecule has 1 heterocycles. The van der Waals surface area contributed by atoms with Gasteiger partial charge in [-0.15, -0.1) is 11.8 Å². The van der Waals surface area contributed by atoms with E-state index in [1.54, 1.807) is 0 Å². The minimum absolute atomic E-state index is 0.831. The highest BCUT2D eigenvalue weighted by molar-refractivity contribution is 5.17. The Kier molecular flexibility index (Phi) is 4.74. The highest BCUT2D eigenvalue weighted by Gasteiger charge is 1.96. The Balaban J connectivity index is 2.30. The van der Waals surface area contributed by atoms with Gasteiger partial charge in [0.2, 0.25) is 0 Å². The van der Waals surface area contributed by atoms with Gasteiger partial charge in [-0.05, 0) is 25.5 Å². The molecule has 0 amide bonds. The summed E-state index contributed by atoms with van der Waals surface area (Å²) >= 11 is 0. The van der Waals surface area contributed by atoms with E-state index in [0.717, 1.165) is 25.2 Å². The largest absolute Gasteiger partial charge is 0.310 e. The summed E-state index contributed by atoms with van der Waals surface area (Å²) in [5.41, 5.74) is 2.36. The fraction of sp³-hybridized carbons (Fsp3) is 0.417. The summed E-state index contributed by atoms with van der Waals surface area (Å²) in [7, 11) is 0. The summed E-state index contributed by atoms with van der Waals surface area (Å²) < 4.78 is 0. The van der Waals surface area contributed by atoms with Crippen LogP contribution in [0.3, 0.4) is 0 Å². The Morgan fingerprint density at radius 1 is 1.50 bits per heavy atom. The lowest BCUT2D eigenvalue weighted by molar-refractivity contribution is 0.684. The molecular weight excluding hydrogens is 172 g/mol. The monoisotopic (exact) mass is 188 g/mol. The van der Waals surface area contributed by atoms with Gasteiger partial charge in [0.25, 0.3) is 0 Å². The molecule has 0 aliphatic carbocycles. The fourth-order valence-corrected chi connectivity index (χ4v) is 1.19. The van der Waals surface area contributed by atoms with Crippen LogP contribution in [0, 0.1) is 18.8 Å². The van der Waals surface area contributed by atoms with Crippen molar-refractivity contribution in [3.8, 4) is 11.8 Å². The molecule has 0 atom stereocenters. The normalized spacial score (nSPS) is 9.29. The van der Waals surface area contributed by atoms with E-state index in [9.17, 15) is 0 Å². The third-order valence-corrected chi connectivity index (χ3v) is 2.01. The van der Waals surface area contributed by atoms with E-state index in [1.807, 2.05) is 19.2 Å². The van der Waals surface area contributed by atoms with Crippen molar-refractivity contribution in [3.63, 3.8) is 0 Å². The summed E-state index contributed by atoms with van der Waals surface area (Å²) in [6.45, 7) is 5.70. The molecule has 0 aliphatic rings. The summed E-state index contributed by atoms with van der Waals surface area (Å²) in [4.78, 5) is 4.30. The molecule has 0 aliphatic heterocycles. The average molecular weight is 188 g/mol. The van der Waals surface area contributed by atoms with Gasteiger partial charge < -0.3 is 5.32 Å². The highest BCUT2D eigenvalue weighted by Crippen LogP contribution is 2.01. The van der Waals surface area contributed by atoms with Crippen molar-refractivity contribution in [2.45, 2.75) is 26.8 Å². The van der Waals surface area contributed by atoms with Gasteiger partial charge in [-0.2, -0.15) is 0 Å². The van der Waals surface area contributed by atoms with Crippen molar-refractivity contribution < 1.29 is 0 Å². The second kappa shape index (κ2) is 6.17. The smallest absolute Gasteiger partial charge is 0.0570 e. The molecule has 1 aromatic heterocycles. The van der Waals surface area contributed by atoms with Crippen molar-refractivity contribution in [2.75, 3.05) is 6.54 Å². The third kappa shape index (κ3) is 3.59. The zero-order valence-corrected chi connectivity index (χ0v) is 8.80. The SMILES string of the molecule is CC#CCCNCc1ncccc1C. The topological polar surface area (TPSA) is 24.9 Å². The maximum atomic E-state index is 4.30. The molecule has 1 aromatic rings. The molecule has 0 aromatic carbocycles. The number of aryl methyl sites for hydroxylation is 1. The van der Waals surface area contributed by atoms with Gasteiger partial charge in [-0.25, -0.2) is 0 Å². The van der Waals surface area contributed by atoms with Gasteiger partial charge >= 0.3 is 0 Å². The average Bonchev–Trinajstić information content (AvgIpc) is 2.20. The maximum Gasteiger partial charge on any atom is 0.0570 e. The van der Waals surface area contributed by atoms with Crippen molar-refractivity contribution in [1.29, 1.82) is 0 Å². The van der Waals surface area contributed by atoms with Crippen molar-refractivity contribution in [1.82, 2.24) is 10.3 Å². The van der Waals surface area contributed by atoms with Gasteiger partial charge in [-0.3, -0.25) is 4.98 Å². The summed E-state index contributed by atoms with van der Waals surface area (Å²) in [5.74, 6) is 5.89. The quantitative estimate of drug-likeness (QED) is 0.576. The van der Waals surface area contributed by atoms with Crippen LogP contribution < -0.4 is 5.32 Å². The van der Waals surface area contributed by atoms with Crippen molar-refractivity contribution in [3.05, 3.63) is 29.6 Å². The molecular formula is C12H16N2. The second-order valence-electron chi connectivity index (χ2n) is 3.12. The van der Waals surface area contributed by atoms with Crippen molar-refractivity contribution >= 4 is 0 Å². The Morgan fingerprint density at radius 2 is 2.36 bits per heavy atom. The van der Waals surface area contributed by atoms with Crippen LogP contribution in [-0.2, 0) is 6.54 Å². The molecule has 0 fully saturated rings. The van der Waals surface area contributed by atoms with E-state index in [2.05, 4.69) is 35.1 Å². The van der Waals surface area contributed by atoms with Crippen LogP contribution >= 0.6 is 0 Å². The molecule has 2 heteroatoms. The molecule has 0 bridgehead atoms. The lowest BCUT2D eigenvalue weighted by Gasteiger charge is -2.04. The van der Waals surface area contributed by atoms with E-state index < -0.39 is 0 Å². The van der Waals surface area contributed by atoms with Gasteiger partial charge in [0.1, 0.15) is 0 Å². The van der Waals surface area contributed by atoms with E-state index >= 15 is 0 Å². The standard InChI is InChI=1S/C12H16N2/c1-3-4-5-8-13-10-12-11(2)7-6-9-14-12/h6-7,9,13H,5,8,10H2,1-2H3. The molecule has 1 rings (SSSR count). The van der Waals surface area contributed by atoms with E-state index in [4.69, 9.17) is 0 Å². The van der Waals surface area contributed by atoms with Gasteiger partial charge in [0.05, 0.1) is 5.69 Å². The maximum absolute atomic E-state index is 4.30. The molecule has 14 heavy (non-hydrogen) atoms. The molecule has 74 valence electrons. The van der Waals surface area contributed by atoms with Crippen LogP contribution in [0.4, 0.5) is 0 Å². The van der Waals surface area contributed by atoms with E-state index in [1.165, 1.54) is 5.56 Å². The first-order valence-electron chi connectivity index (χ1n) is 4.85. The second-order valence-corrected chi connectivity index (χ2v) is 3.12. The molecule has 0 saturated carbocycles. The Hall–Kier alpha value is -1.33. The first-order chi connectivity index (χ1) is 6.84. The summed E-state index contributed by atoms with van der Waals surface area (Å²) in [5, 5.41) is 3.31. The third-order valence-electron chi connectivity index (χ3n) is 2.01. The van der Waals surface area contributed by atoms with Crippen LogP contribution in [0.1, 0.15) is 24.6 Å². The molecule has 0 spiro atoms. The molecule has 0 unspecified atom stereocenters. The number of nitrogens with zero attached hydrogens (tertiary/aromatic N) is 1. The number of nitrogens with one attached hydrogen (secondary N) is 1. The predicted molar refractivity (Wildman–Crippen MR) is 58.7 cm³/mol. The minimum atomic E-state index is 0.831. The van der Waals surface area contributed by atoms with Gasteiger partial charge in [-0.1, -0.05) is 6.07 Å². The first kappa shape index (κ1) is 10.7. The van der Waals surface area contributed by atoms with Crippen molar-refractivity contribution in [2.24, 2.45) is 0 Å². The Morgan fingerprint density at radius 3 is 3.07 bits per heavy atom. The lowest BCUT2D eigenvalue weighted by Crippen LogP contribution is -2.15. The van der Waals surface area contributed by atoms with Crippen LogP contribution in [0.2, 0.25) is 0 Å². The van der Waals surface area contributed by atoms with Crippen LogP contribution in [0.25, 0.3) is 0 Å².